The molecule has 114 valence electrons. The Hall–Kier alpha value is -1.62. The second-order valence-electron chi connectivity index (χ2n) is 6.20. The van der Waals surface area contributed by atoms with Crippen molar-refractivity contribution in [2.45, 2.75) is 33.4 Å². The van der Waals surface area contributed by atoms with Crippen molar-refractivity contribution in [2.75, 3.05) is 6.54 Å². The topological polar surface area (TPSA) is 38.9 Å². The summed E-state index contributed by atoms with van der Waals surface area (Å²) in [6.07, 6.45) is -3.65. The number of halogens is 3. The number of aryl methyl sites for hydroxylation is 1. The monoisotopic (exact) mass is 296 g/mol. The van der Waals surface area contributed by atoms with Gasteiger partial charge in [0.1, 0.15) is 0 Å². The van der Waals surface area contributed by atoms with Gasteiger partial charge in [0.2, 0.25) is 0 Å². The molecular formula is C16H19F3N2. The summed E-state index contributed by atoms with van der Waals surface area (Å²) < 4.78 is 38.4. The fourth-order valence-corrected chi connectivity index (χ4v) is 2.36. The second kappa shape index (κ2) is 5.30. The van der Waals surface area contributed by atoms with Gasteiger partial charge in [0.05, 0.1) is 11.1 Å². The molecule has 0 fully saturated rings. The molecule has 0 spiro atoms. The molecule has 0 bridgehead atoms. The van der Waals surface area contributed by atoms with Crippen LogP contribution in [0.5, 0.6) is 0 Å². The fourth-order valence-electron chi connectivity index (χ4n) is 2.36. The summed E-state index contributed by atoms with van der Waals surface area (Å²) in [5, 5.41) is 0.759. The molecule has 0 unspecified atom stereocenters. The summed E-state index contributed by atoms with van der Waals surface area (Å²) in [5.74, 6) is 0. The minimum Gasteiger partial charge on any atom is -0.330 e. The number of alkyl halides is 3. The Balaban J connectivity index is 2.58. The van der Waals surface area contributed by atoms with Gasteiger partial charge in [-0.05, 0) is 49.1 Å². The molecule has 0 aliphatic heterocycles. The molecule has 0 aliphatic carbocycles. The van der Waals surface area contributed by atoms with Crippen molar-refractivity contribution >= 4 is 10.9 Å². The molecule has 2 N–H and O–H groups in total. The van der Waals surface area contributed by atoms with Gasteiger partial charge in [-0.3, -0.25) is 4.98 Å². The minimum absolute atomic E-state index is 0.108. The normalized spacial score (nSPS) is 12.9. The van der Waals surface area contributed by atoms with Gasteiger partial charge in [-0.15, -0.1) is 0 Å². The van der Waals surface area contributed by atoms with Gasteiger partial charge in [-0.25, -0.2) is 0 Å². The largest absolute Gasteiger partial charge is 0.416 e. The van der Waals surface area contributed by atoms with Gasteiger partial charge in [-0.1, -0.05) is 19.9 Å². The number of hydrogen-bond donors (Lipinski definition) is 1. The van der Waals surface area contributed by atoms with E-state index in [4.69, 9.17) is 5.73 Å². The number of nitrogens with zero attached hydrogens (tertiary/aromatic N) is 1. The lowest BCUT2D eigenvalue weighted by atomic mass is 9.84. The van der Waals surface area contributed by atoms with E-state index in [1.165, 1.54) is 6.07 Å². The molecule has 0 radical (unpaired) electrons. The molecule has 2 aromatic rings. The summed E-state index contributed by atoms with van der Waals surface area (Å²) in [6.45, 7) is 6.38. The van der Waals surface area contributed by atoms with Crippen LogP contribution >= 0.6 is 0 Å². The van der Waals surface area contributed by atoms with Crippen LogP contribution < -0.4 is 5.73 Å². The third-order valence-electron chi connectivity index (χ3n) is 3.57. The maximum atomic E-state index is 12.8. The molecule has 2 rings (SSSR count). The summed E-state index contributed by atoms with van der Waals surface area (Å²) in [7, 11) is 0. The van der Waals surface area contributed by atoms with Crippen LogP contribution in [0.3, 0.4) is 0 Å². The van der Waals surface area contributed by atoms with E-state index in [9.17, 15) is 13.2 Å². The highest BCUT2D eigenvalue weighted by Crippen LogP contribution is 2.33. The molecule has 2 nitrogen and oxygen atoms in total. The molecule has 1 aromatic carbocycles. The summed E-state index contributed by atoms with van der Waals surface area (Å²) in [5.41, 5.74) is 7.06. The van der Waals surface area contributed by atoms with Crippen LogP contribution in [0.25, 0.3) is 10.9 Å². The SMILES string of the molecule is Cc1cc(CC(C)(C)CN)c2ccc(C(F)(F)F)cc2n1. The third-order valence-corrected chi connectivity index (χ3v) is 3.57. The summed E-state index contributed by atoms with van der Waals surface area (Å²) in [6, 6.07) is 5.65. The van der Waals surface area contributed by atoms with Crippen molar-refractivity contribution in [3.63, 3.8) is 0 Å². The predicted molar refractivity (Wildman–Crippen MR) is 78.0 cm³/mol. The van der Waals surface area contributed by atoms with Gasteiger partial charge in [0.25, 0.3) is 0 Å². The van der Waals surface area contributed by atoms with E-state index in [0.29, 0.717) is 24.2 Å². The predicted octanol–water partition coefficient (Wildman–Crippen LogP) is 4.09. The van der Waals surface area contributed by atoms with E-state index in [1.807, 2.05) is 19.9 Å². The molecule has 0 saturated carbocycles. The van der Waals surface area contributed by atoms with Crippen molar-refractivity contribution in [3.05, 3.63) is 41.1 Å². The molecular weight excluding hydrogens is 277 g/mol. The van der Waals surface area contributed by atoms with Crippen LogP contribution in [0.1, 0.15) is 30.7 Å². The standard InChI is InChI=1S/C16H19F3N2/c1-10-6-11(8-15(2,3)9-20)13-5-4-12(16(17,18)19)7-14(13)21-10/h4-7H,8-9,20H2,1-3H3. The number of aromatic nitrogens is 1. The van der Waals surface area contributed by atoms with E-state index in [1.54, 1.807) is 6.92 Å². The molecule has 1 aromatic heterocycles. The van der Waals surface area contributed by atoms with E-state index in [-0.39, 0.29) is 5.41 Å². The van der Waals surface area contributed by atoms with E-state index in [0.717, 1.165) is 23.1 Å². The Morgan fingerprint density at radius 3 is 2.38 bits per heavy atom. The van der Waals surface area contributed by atoms with Gasteiger partial charge in [-0.2, -0.15) is 13.2 Å². The van der Waals surface area contributed by atoms with Crippen LogP contribution in [0, 0.1) is 12.3 Å². The lowest BCUT2D eigenvalue weighted by Gasteiger charge is -2.23. The molecule has 21 heavy (non-hydrogen) atoms. The zero-order valence-electron chi connectivity index (χ0n) is 12.4. The van der Waals surface area contributed by atoms with Gasteiger partial charge < -0.3 is 5.73 Å². The van der Waals surface area contributed by atoms with E-state index in [2.05, 4.69) is 4.98 Å². The first-order chi connectivity index (χ1) is 9.62. The fraction of sp³-hybridized carbons (Fsp3) is 0.438. The molecule has 5 heteroatoms. The first kappa shape index (κ1) is 15.8. The van der Waals surface area contributed by atoms with Crippen LogP contribution in [0.15, 0.2) is 24.3 Å². The number of benzene rings is 1. The Morgan fingerprint density at radius 2 is 1.81 bits per heavy atom. The van der Waals surface area contributed by atoms with Gasteiger partial charge in [0.15, 0.2) is 0 Å². The number of hydrogen-bond acceptors (Lipinski definition) is 2. The lowest BCUT2D eigenvalue weighted by Crippen LogP contribution is -2.26. The maximum Gasteiger partial charge on any atom is 0.416 e. The summed E-state index contributed by atoms with van der Waals surface area (Å²) in [4.78, 5) is 4.24. The van der Waals surface area contributed by atoms with Crippen LogP contribution in [-0.2, 0) is 12.6 Å². The highest BCUT2D eigenvalue weighted by atomic mass is 19.4. The number of rotatable bonds is 3. The quantitative estimate of drug-likeness (QED) is 0.926. The molecule has 0 amide bonds. The number of fused-ring (bicyclic) bond motifs is 1. The Kier molecular flexibility index (Phi) is 3.97. The Morgan fingerprint density at radius 1 is 1.14 bits per heavy atom. The first-order valence-electron chi connectivity index (χ1n) is 6.80. The average molecular weight is 296 g/mol. The molecule has 0 aliphatic rings. The van der Waals surface area contributed by atoms with Crippen molar-refractivity contribution in [1.29, 1.82) is 0 Å². The first-order valence-corrected chi connectivity index (χ1v) is 6.80. The molecule has 0 saturated heterocycles. The van der Waals surface area contributed by atoms with Crippen molar-refractivity contribution in [2.24, 2.45) is 11.1 Å². The van der Waals surface area contributed by atoms with E-state index < -0.39 is 11.7 Å². The van der Waals surface area contributed by atoms with Crippen LogP contribution in [0.2, 0.25) is 0 Å². The molecule has 1 heterocycles. The average Bonchev–Trinajstić information content (AvgIpc) is 2.36. The third kappa shape index (κ3) is 3.53. The Labute approximate surface area is 122 Å². The highest BCUT2D eigenvalue weighted by Gasteiger charge is 2.31. The van der Waals surface area contributed by atoms with E-state index >= 15 is 0 Å². The van der Waals surface area contributed by atoms with Crippen molar-refractivity contribution in [3.8, 4) is 0 Å². The van der Waals surface area contributed by atoms with Crippen LogP contribution in [-0.4, -0.2) is 11.5 Å². The second-order valence-corrected chi connectivity index (χ2v) is 6.20. The van der Waals surface area contributed by atoms with Crippen molar-refractivity contribution in [1.82, 2.24) is 4.98 Å². The van der Waals surface area contributed by atoms with Crippen LogP contribution in [0.4, 0.5) is 13.2 Å². The summed E-state index contributed by atoms with van der Waals surface area (Å²) >= 11 is 0. The maximum absolute atomic E-state index is 12.8. The zero-order valence-corrected chi connectivity index (χ0v) is 12.4. The smallest absolute Gasteiger partial charge is 0.330 e. The lowest BCUT2D eigenvalue weighted by molar-refractivity contribution is -0.137. The number of nitrogens with two attached hydrogens (primary N) is 1. The van der Waals surface area contributed by atoms with Crippen molar-refractivity contribution < 1.29 is 13.2 Å². The Bertz CT molecular complexity index is 660. The van der Waals surface area contributed by atoms with Gasteiger partial charge in [0, 0.05) is 11.1 Å². The van der Waals surface area contributed by atoms with Gasteiger partial charge >= 0.3 is 6.18 Å². The molecule has 0 atom stereocenters. The zero-order chi connectivity index (χ0) is 15.8. The minimum atomic E-state index is -4.35. The highest BCUT2D eigenvalue weighted by molar-refractivity contribution is 5.83. The number of pyridine rings is 1.